The molecule has 0 unspecified atom stereocenters. The van der Waals surface area contributed by atoms with Crippen molar-refractivity contribution in [1.82, 2.24) is 14.6 Å². The normalized spacial score (nSPS) is 30.1. The van der Waals surface area contributed by atoms with Gasteiger partial charge in [0.15, 0.2) is 11.6 Å². The molecule has 2 fully saturated rings. The average molecular weight is 607 g/mol. The van der Waals surface area contributed by atoms with Gasteiger partial charge in [-0.2, -0.15) is 5.26 Å². The van der Waals surface area contributed by atoms with E-state index in [4.69, 9.17) is 29.2 Å². The molecule has 13 heteroatoms. The van der Waals surface area contributed by atoms with Crippen LogP contribution in [0.15, 0.2) is 18.4 Å². The molecule has 2 N–H and O–H groups in total. The first kappa shape index (κ1) is 27.5. The molecule has 11 nitrogen and oxygen atoms in total. The van der Waals surface area contributed by atoms with Gasteiger partial charge in [-0.1, -0.05) is 69.2 Å². The largest absolute Gasteiger partial charge is 0.455 e. The molecule has 4 atom stereocenters. The van der Waals surface area contributed by atoms with Gasteiger partial charge in [0.1, 0.15) is 30.1 Å². The summed E-state index contributed by atoms with van der Waals surface area (Å²) >= 11 is 0. The number of rotatable bonds is 7. The van der Waals surface area contributed by atoms with Crippen molar-refractivity contribution in [3.05, 3.63) is 29.6 Å². The Labute approximate surface area is 248 Å². The van der Waals surface area contributed by atoms with Gasteiger partial charge in [-0.25, -0.2) is 4.98 Å². The van der Waals surface area contributed by atoms with Crippen LogP contribution in [0.25, 0.3) is 5.52 Å². The first-order valence-electron chi connectivity index (χ1n) is 15.8. The number of aromatic nitrogens is 3. The van der Waals surface area contributed by atoms with Crippen molar-refractivity contribution in [3.63, 3.8) is 0 Å². The minimum atomic E-state index is -3.41. The van der Waals surface area contributed by atoms with E-state index in [9.17, 15) is 12.8 Å². The number of aromatic amines is 1. The average Bonchev–Trinajstić information content (AvgIpc) is 3.42. The standard InChI is InChI=1S/C28H45N5O6Si2/c1-16(2)27(34)36-25-24-22(37-28(25,14-29)23-12-11-21-26(30)31-15-32-33(21)23)13-35-40(17(3)4,18(5)6)39-41(38-24,19(7)8)20(9)10/h11-12,15-20,22,24-25H,13H2,1-10H3,(H2,30,31,32)/t22-,24-,25-,28+/m1/s1/i11D,13D2. The van der Waals surface area contributed by atoms with Crippen LogP contribution in [-0.4, -0.2) is 62.6 Å². The van der Waals surface area contributed by atoms with Gasteiger partial charge in [0.2, 0.25) is 5.60 Å². The fourth-order valence-corrected chi connectivity index (χ4v) is 16.6. The number of nitriles is 1. The van der Waals surface area contributed by atoms with Crippen LogP contribution in [0.4, 0.5) is 0 Å². The molecule has 0 spiro atoms. The maximum Gasteiger partial charge on any atom is 0.335 e. The van der Waals surface area contributed by atoms with E-state index in [-0.39, 0.29) is 44.9 Å². The van der Waals surface area contributed by atoms with Gasteiger partial charge in [-0.3, -0.25) is 19.8 Å². The van der Waals surface area contributed by atoms with Crippen LogP contribution in [0.2, 0.25) is 22.2 Å². The second kappa shape index (κ2) is 11.4. The zero-order valence-corrected chi connectivity index (χ0v) is 27.6. The van der Waals surface area contributed by atoms with E-state index in [1.54, 1.807) is 13.8 Å². The van der Waals surface area contributed by atoms with E-state index < -0.39 is 59.5 Å². The van der Waals surface area contributed by atoms with E-state index >= 15 is 0 Å². The number of nitrogens with one attached hydrogen (secondary N) is 2. The van der Waals surface area contributed by atoms with Crippen LogP contribution in [-0.2, 0) is 32.8 Å². The highest BCUT2D eigenvalue weighted by molar-refractivity contribution is 6.84. The summed E-state index contributed by atoms with van der Waals surface area (Å²) < 4.78 is 62.0. The lowest BCUT2D eigenvalue weighted by molar-refractivity contribution is -0.163. The Hall–Kier alpha value is -2.35. The van der Waals surface area contributed by atoms with Crippen LogP contribution in [0, 0.1) is 22.7 Å². The summed E-state index contributed by atoms with van der Waals surface area (Å²) in [4.78, 5) is 17.2. The summed E-state index contributed by atoms with van der Waals surface area (Å²) in [5.41, 5.74) is -2.89. The number of nitrogens with zero attached hydrogens (tertiary/aromatic N) is 3. The van der Waals surface area contributed by atoms with Crippen molar-refractivity contribution in [3.8, 4) is 6.07 Å². The zero-order valence-electron chi connectivity index (χ0n) is 28.6. The first-order valence-corrected chi connectivity index (χ1v) is 18.2. The molecule has 0 aromatic carbocycles. The van der Waals surface area contributed by atoms with Gasteiger partial charge in [0.25, 0.3) is 0 Å². The molecule has 2 saturated heterocycles. The highest BCUT2D eigenvalue weighted by atomic mass is 28.5. The predicted octanol–water partition coefficient (Wildman–Crippen LogP) is 4.78. The second-order valence-electron chi connectivity index (χ2n) is 12.5. The molecule has 41 heavy (non-hydrogen) atoms. The predicted molar refractivity (Wildman–Crippen MR) is 156 cm³/mol. The Morgan fingerprint density at radius 2 is 1.80 bits per heavy atom. The van der Waals surface area contributed by atoms with Gasteiger partial charge in [-0.15, -0.1) is 0 Å². The van der Waals surface area contributed by atoms with Gasteiger partial charge in [-0.05, 0) is 34.3 Å². The fraction of sp³-hybridized carbons (Fsp3) is 0.714. The van der Waals surface area contributed by atoms with E-state index in [2.05, 4.69) is 16.2 Å². The van der Waals surface area contributed by atoms with Crippen molar-refractivity contribution in [1.29, 1.82) is 10.7 Å². The lowest BCUT2D eigenvalue weighted by Gasteiger charge is -2.51. The number of esters is 1. The number of hydrogen-bond donors (Lipinski definition) is 2. The Kier molecular flexibility index (Phi) is 7.63. The molecule has 2 aliphatic rings. The summed E-state index contributed by atoms with van der Waals surface area (Å²) in [5, 5.41) is 22.1. The van der Waals surface area contributed by atoms with Crippen molar-refractivity contribution in [2.75, 3.05) is 6.56 Å². The monoisotopic (exact) mass is 606 g/mol. The van der Waals surface area contributed by atoms with Crippen LogP contribution >= 0.6 is 0 Å². The summed E-state index contributed by atoms with van der Waals surface area (Å²) in [6.45, 7) is 16.7. The third kappa shape index (κ3) is 5.02. The SMILES string of the molecule is [2H]c1cc([C@]2(C#N)O[C@H]3[C@@H](O[Si](C(C)C)(C(C)C)O[Si](C(C)C)(C(C)C)OC3([2H])[2H])[C@H]2OC(=O)C(C)C)n2[nH]cnc(=N)c12. The lowest BCUT2D eigenvalue weighted by atomic mass is 9.92. The van der Waals surface area contributed by atoms with Crippen molar-refractivity contribution >= 4 is 28.6 Å². The van der Waals surface area contributed by atoms with E-state index in [0.29, 0.717) is 0 Å². The molecule has 0 saturated carbocycles. The third-order valence-electron chi connectivity index (χ3n) is 8.18. The number of hydrogen-bond acceptors (Lipinski definition) is 9. The molecule has 2 aliphatic heterocycles. The molecule has 2 aromatic rings. The highest BCUT2D eigenvalue weighted by Gasteiger charge is 2.67. The zero-order chi connectivity index (χ0) is 33.2. The molecular weight excluding hydrogens is 559 g/mol. The molecule has 0 bridgehead atoms. The van der Waals surface area contributed by atoms with Gasteiger partial charge < -0.3 is 22.4 Å². The molecule has 2 aromatic heterocycles. The van der Waals surface area contributed by atoms with E-state index in [1.165, 1.54) is 16.9 Å². The van der Waals surface area contributed by atoms with Crippen molar-refractivity contribution in [2.45, 2.75) is 115 Å². The molecule has 0 radical (unpaired) electrons. The van der Waals surface area contributed by atoms with Crippen molar-refractivity contribution < 1.29 is 31.3 Å². The van der Waals surface area contributed by atoms with E-state index in [0.717, 1.165) is 0 Å². The van der Waals surface area contributed by atoms with Gasteiger partial charge >= 0.3 is 23.1 Å². The van der Waals surface area contributed by atoms with E-state index in [1.807, 2.05) is 55.4 Å². The second-order valence-corrected chi connectivity index (χ2v) is 21.2. The molecular formula is C28H45N5O6Si2. The van der Waals surface area contributed by atoms with Crippen LogP contribution in [0.3, 0.4) is 0 Å². The maximum absolute atomic E-state index is 13.3. The number of fused-ring (bicyclic) bond motifs is 2. The molecule has 0 amide bonds. The summed E-state index contributed by atoms with van der Waals surface area (Å²) in [7, 11) is -6.80. The van der Waals surface area contributed by atoms with Crippen LogP contribution in [0.1, 0.15) is 79.0 Å². The Bertz CT molecular complexity index is 1490. The molecule has 4 rings (SSSR count). The highest BCUT2D eigenvalue weighted by Crippen LogP contribution is 2.51. The molecule has 226 valence electrons. The van der Waals surface area contributed by atoms with Gasteiger partial charge in [0, 0.05) is 0 Å². The summed E-state index contributed by atoms with van der Waals surface area (Å²) in [6, 6.07) is 3.40. The number of carbonyl (C=O) groups excluding carboxylic acids is 1. The van der Waals surface area contributed by atoms with Crippen molar-refractivity contribution in [2.24, 2.45) is 5.92 Å². The van der Waals surface area contributed by atoms with Crippen LogP contribution in [0.5, 0.6) is 0 Å². The number of carbonyl (C=O) groups is 1. The Morgan fingerprint density at radius 1 is 1.20 bits per heavy atom. The number of H-pyrrole nitrogens is 1. The first-order chi connectivity index (χ1) is 20.3. The lowest BCUT2D eigenvalue weighted by Crippen LogP contribution is -2.66. The fourth-order valence-electron chi connectivity index (χ4n) is 5.85. The number of ether oxygens (including phenoxy) is 2. The third-order valence-corrected chi connectivity index (χ3v) is 18.2. The maximum atomic E-state index is 13.3. The van der Waals surface area contributed by atoms with Gasteiger partial charge in [0.05, 0.1) is 22.3 Å². The Balaban J connectivity index is 2.08. The molecule has 4 heterocycles. The summed E-state index contributed by atoms with van der Waals surface area (Å²) in [6.07, 6.45) is -3.09. The Morgan fingerprint density at radius 3 is 2.34 bits per heavy atom. The van der Waals surface area contributed by atoms with Crippen LogP contribution < -0.4 is 5.49 Å². The summed E-state index contributed by atoms with van der Waals surface area (Å²) in [5.74, 6) is -1.23. The molecule has 0 aliphatic carbocycles. The topological polar surface area (TPSA) is 144 Å². The minimum absolute atomic E-state index is 0.0436. The minimum Gasteiger partial charge on any atom is -0.455 e. The smallest absolute Gasteiger partial charge is 0.335 e. The quantitative estimate of drug-likeness (QED) is 0.338.